The first-order valence-corrected chi connectivity index (χ1v) is 18.8. The number of nitrogens with zero attached hydrogens (tertiary/aromatic N) is 1. The zero-order valence-corrected chi connectivity index (χ0v) is 29.8. The molecule has 1 atom stereocenters. The van der Waals surface area contributed by atoms with Gasteiger partial charge in [0, 0.05) is 28.1 Å². The quantitative estimate of drug-likeness (QED) is 0.200. The largest absolute Gasteiger partial charge is 0.456 e. The topological polar surface area (TPSA) is 33.6 Å². The normalized spacial score (nSPS) is 19.2. The van der Waals surface area contributed by atoms with Gasteiger partial charge in [0.25, 0.3) is 0 Å². The minimum absolute atomic E-state index is 0.506. The summed E-state index contributed by atoms with van der Waals surface area (Å²) in [6.07, 6.45) is 13.1. The van der Waals surface area contributed by atoms with Crippen LogP contribution < -0.4 is 10.1 Å². The number of para-hydroxylation sites is 2. The van der Waals surface area contributed by atoms with Gasteiger partial charge in [-0.2, -0.15) is 0 Å². The first-order valence-electron chi connectivity index (χ1n) is 18.8. The first-order chi connectivity index (χ1) is 26.1. The molecule has 1 spiro atoms. The minimum atomic E-state index is -0.730. The molecule has 0 amide bonds. The van der Waals surface area contributed by atoms with Crippen molar-refractivity contribution in [2.75, 3.05) is 0 Å². The van der Waals surface area contributed by atoms with Crippen molar-refractivity contribution in [1.29, 1.82) is 0 Å². The Balaban J connectivity index is 1.15. The van der Waals surface area contributed by atoms with Crippen LogP contribution in [-0.4, -0.2) is 5.71 Å². The van der Waals surface area contributed by atoms with Gasteiger partial charge in [-0.15, -0.1) is 0 Å². The Morgan fingerprint density at radius 1 is 0.585 bits per heavy atom. The van der Waals surface area contributed by atoms with Crippen LogP contribution in [0, 0.1) is 0 Å². The fraction of sp³-hybridized carbons (Fsp3) is 0.140. The molecule has 0 bridgehead atoms. The first kappa shape index (κ1) is 31.5. The molecule has 2 aliphatic heterocycles. The molecule has 2 heterocycles. The highest BCUT2D eigenvalue weighted by Crippen LogP contribution is 2.63. The fourth-order valence-corrected chi connectivity index (χ4v) is 9.10. The maximum atomic E-state index is 7.03. The van der Waals surface area contributed by atoms with Gasteiger partial charge in [-0.25, -0.2) is 0 Å². The van der Waals surface area contributed by atoms with Gasteiger partial charge in [0.15, 0.2) is 5.66 Å². The van der Waals surface area contributed by atoms with Crippen LogP contribution in [0.15, 0.2) is 180 Å². The van der Waals surface area contributed by atoms with Crippen molar-refractivity contribution in [2.45, 2.75) is 43.7 Å². The van der Waals surface area contributed by atoms with Gasteiger partial charge in [0.2, 0.25) is 0 Å². The van der Waals surface area contributed by atoms with Crippen LogP contribution in [0.25, 0.3) is 28.0 Å². The average molecular weight is 685 g/mol. The summed E-state index contributed by atoms with van der Waals surface area (Å²) >= 11 is 0. The Bertz CT molecular complexity index is 2490. The van der Waals surface area contributed by atoms with Crippen LogP contribution in [0.2, 0.25) is 0 Å². The monoisotopic (exact) mass is 684 g/mol. The molecule has 6 aromatic rings. The number of fused-ring (bicyclic) bond motifs is 9. The molecular formula is C50H40N2O. The van der Waals surface area contributed by atoms with E-state index in [1.807, 2.05) is 0 Å². The smallest absolute Gasteiger partial charge is 0.153 e. The highest BCUT2D eigenvalue weighted by atomic mass is 16.5. The van der Waals surface area contributed by atoms with E-state index < -0.39 is 11.1 Å². The van der Waals surface area contributed by atoms with E-state index in [0.29, 0.717) is 0 Å². The van der Waals surface area contributed by atoms with E-state index in [-0.39, 0.29) is 0 Å². The lowest BCUT2D eigenvalue weighted by Gasteiger charge is -2.40. The van der Waals surface area contributed by atoms with Gasteiger partial charge >= 0.3 is 0 Å². The van der Waals surface area contributed by atoms with Crippen LogP contribution in [0.4, 0.5) is 0 Å². The lowest BCUT2D eigenvalue weighted by Crippen LogP contribution is -2.38. The predicted molar refractivity (Wildman–Crippen MR) is 217 cm³/mol. The van der Waals surface area contributed by atoms with Gasteiger partial charge in [-0.05, 0) is 89.3 Å². The number of aliphatic imine (C=N–C) groups is 1. The van der Waals surface area contributed by atoms with Crippen molar-refractivity contribution < 1.29 is 4.74 Å². The summed E-state index contributed by atoms with van der Waals surface area (Å²) in [5, 5.41) is 3.94. The summed E-state index contributed by atoms with van der Waals surface area (Å²) < 4.78 is 7.03. The number of benzene rings is 6. The van der Waals surface area contributed by atoms with E-state index in [2.05, 4.69) is 182 Å². The summed E-state index contributed by atoms with van der Waals surface area (Å²) in [6.45, 7) is 2.22. The molecule has 10 rings (SSSR count). The van der Waals surface area contributed by atoms with Gasteiger partial charge in [0.1, 0.15) is 11.5 Å². The van der Waals surface area contributed by atoms with E-state index in [1.165, 1.54) is 33.4 Å². The second-order valence-corrected chi connectivity index (χ2v) is 14.6. The van der Waals surface area contributed by atoms with Crippen LogP contribution >= 0.6 is 0 Å². The molecule has 3 heteroatoms. The van der Waals surface area contributed by atoms with Crippen LogP contribution in [0.5, 0.6) is 11.5 Å². The van der Waals surface area contributed by atoms with Crippen LogP contribution in [-0.2, 0) is 11.1 Å². The molecule has 0 fully saturated rings. The van der Waals surface area contributed by atoms with Crippen molar-refractivity contribution in [3.8, 4) is 33.8 Å². The Morgan fingerprint density at radius 2 is 1.25 bits per heavy atom. The summed E-state index contributed by atoms with van der Waals surface area (Å²) in [7, 11) is 0. The fourth-order valence-electron chi connectivity index (χ4n) is 9.10. The summed E-state index contributed by atoms with van der Waals surface area (Å²) in [5.74, 6) is 1.79. The number of rotatable bonds is 4. The highest BCUT2D eigenvalue weighted by molar-refractivity contribution is 6.03. The number of allylic oxidation sites excluding steroid dienone is 5. The van der Waals surface area contributed by atoms with E-state index in [0.717, 1.165) is 76.4 Å². The lowest BCUT2D eigenvalue weighted by atomic mass is 9.65. The molecule has 1 N–H and O–H groups in total. The molecular weight excluding hydrogens is 645 g/mol. The molecule has 3 nitrogen and oxygen atoms in total. The zero-order valence-electron chi connectivity index (χ0n) is 29.8. The lowest BCUT2D eigenvalue weighted by molar-refractivity contribution is 0.437. The van der Waals surface area contributed by atoms with Crippen LogP contribution in [0.1, 0.15) is 66.0 Å². The average Bonchev–Trinajstić information content (AvgIpc) is 3.50. The maximum Gasteiger partial charge on any atom is 0.153 e. The molecule has 4 aliphatic rings. The number of ether oxygens (including phenoxy) is 1. The Labute approximate surface area is 311 Å². The summed E-state index contributed by atoms with van der Waals surface area (Å²) in [5.41, 5.74) is 14.2. The Kier molecular flexibility index (Phi) is 7.43. The van der Waals surface area contributed by atoms with E-state index in [1.54, 1.807) is 0 Å². The molecule has 0 saturated carbocycles. The van der Waals surface area contributed by atoms with Crippen molar-refractivity contribution >= 4 is 11.4 Å². The van der Waals surface area contributed by atoms with Crippen molar-refractivity contribution in [2.24, 2.45) is 4.99 Å². The Morgan fingerprint density at radius 3 is 2.02 bits per heavy atom. The molecule has 0 aromatic heterocycles. The molecule has 0 radical (unpaired) electrons. The molecule has 1 unspecified atom stereocenters. The predicted octanol–water partition coefficient (Wildman–Crippen LogP) is 12.1. The van der Waals surface area contributed by atoms with Crippen LogP contribution in [0.3, 0.4) is 0 Å². The van der Waals surface area contributed by atoms with E-state index in [9.17, 15) is 0 Å². The molecule has 2 aliphatic carbocycles. The highest BCUT2D eigenvalue weighted by Gasteiger charge is 2.51. The standard InChI is InChI=1S/C50H40N2O/c1-49(51-45(34-17-4-2-5-18-34)30-16-31-46(52-49)35-19-6-3-7-20-35)37-22-14-21-36(33-37)38-25-15-29-44-48(38)53-47-32-13-12-28-43(47)50(44)41-26-10-8-23-39(41)40-24-9-11-27-42(40)50/h2,4-6,8-15,17-30,32-33,51H,3,7,16,31H2,1H3. The van der Waals surface area contributed by atoms with Gasteiger partial charge < -0.3 is 10.1 Å². The maximum absolute atomic E-state index is 7.03. The number of nitrogens with one attached hydrogen (secondary N) is 1. The van der Waals surface area contributed by atoms with Gasteiger partial charge in [-0.3, -0.25) is 4.99 Å². The molecule has 256 valence electrons. The molecule has 6 aromatic carbocycles. The molecule has 0 saturated heterocycles. The van der Waals surface area contributed by atoms with E-state index in [4.69, 9.17) is 9.73 Å². The zero-order chi connectivity index (χ0) is 35.4. The summed E-state index contributed by atoms with van der Waals surface area (Å²) in [6, 6.07) is 52.6. The molecule has 53 heavy (non-hydrogen) atoms. The second kappa shape index (κ2) is 12.5. The third-order valence-electron chi connectivity index (χ3n) is 11.5. The number of hydrogen-bond acceptors (Lipinski definition) is 3. The van der Waals surface area contributed by atoms with E-state index >= 15 is 0 Å². The van der Waals surface area contributed by atoms with Gasteiger partial charge in [-0.1, -0.05) is 158 Å². The van der Waals surface area contributed by atoms with Crippen molar-refractivity contribution in [1.82, 2.24) is 5.32 Å². The number of hydrogen-bond donors (Lipinski definition) is 1. The van der Waals surface area contributed by atoms with Crippen molar-refractivity contribution in [3.05, 3.63) is 209 Å². The second-order valence-electron chi connectivity index (χ2n) is 14.6. The SMILES string of the molecule is CC1(c2cccc(-c3cccc4c3Oc3ccccc3C43c4ccccc4-c4ccccc43)c2)N=C(C2=CCCC=C2)CCC=C(c2ccccc2)N1. The van der Waals surface area contributed by atoms with Crippen molar-refractivity contribution in [3.63, 3.8) is 0 Å². The minimum Gasteiger partial charge on any atom is -0.456 e. The van der Waals surface area contributed by atoms with Gasteiger partial charge in [0.05, 0.1) is 5.41 Å². The Hall–Kier alpha value is -6.19. The third kappa shape index (κ3) is 4.98. The summed E-state index contributed by atoms with van der Waals surface area (Å²) in [4.78, 5) is 5.61. The third-order valence-corrected chi connectivity index (χ3v) is 11.5.